The molecule has 1 aliphatic rings. The van der Waals surface area contributed by atoms with Gasteiger partial charge in [-0.15, -0.1) is 0 Å². The Morgan fingerprint density at radius 3 is 2.83 bits per heavy atom. The molecule has 1 amide bonds. The molecule has 0 unspecified atom stereocenters. The van der Waals surface area contributed by atoms with E-state index in [4.69, 9.17) is 21.1 Å². The van der Waals surface area contributed by atoms with Gasteiger partial charge < -0.3 is 14.8 Å². The molecule has 126 valence electrons. The number of hydrogen-bond acceptors (Lipinski definition) is 4. The predicted octanol–water partition coefficient (Wildman–Crippen LogP) is 4.43. The van der Waals surface area contributed by atoms with Crippen LogP contribution in [0.1, 0.15) is 26.2 Å². The number of aromatic nitrogens is 1. The molecule has 3 rings (SSSR count). The molecule has 0 spiro atoms. The maximum Gasteiger partial charge on any atom is 0.250 e. The number of para-hydroxylation sites is 1. The third kappa shape index (κ3) is 4.04. The number of carbonyl (C=O) groups is 1. The third-order valence-electron chi connectivity index (χ3n) is 4.06. The number of rotatable bonds is 6. The summed E-state index contributed by atoms with van der Waals surface area (Å²) < 4.78 is 11.5. The Hall–Kier alpha value is -2.11. The van der Waals surface area contributed by atoms with Crippen molar-refractivity contribution in [3.8, 4) is 11.5 Å². The van der Waals surface area contributed by atoms with Gasteiger partial charge in [-0.25, -0.2) is 0 Å². The maximum absolute atomic E-state index is 12.2. The molecule has 1 fully saturated rings. The summed E-state index contributed by atoms with van der Waals surface area (Å²) in [6.07, 6.45) is 6.37. The van der Waals surface area contributed by atoms with Gasteiger partial charge in [0.2, 0.25) is 0 Å². The van der Waals surface area contributed by atoms with Crippen LogP contribution in [0.2, 0.25) is 5.02 Å². The van der Waals surface area contributed by atoms with E-state index in [2.05, 4.69) is 10.3 Å². The van der Waals surface area contributed by atoms with E-state index in [9.17, 15) is 4.79 Å². The Kier molecular flexibility index (Phi) is 5.02. The number of anilines is 1. The number of benzene rings is 1. The van der Waals surface area contributed by atoms with Crippen molar-refractivity contribution in [3.05, 3.63) is 47.7 Å². The zero-order valence-electron chi connectivity index (χ0n) is 13.4. The van der Waals surface area contributed by atoms with Gasteiger partial charge >= 0.3 is 0 Å². The summed E-state index contributed by atoms with van der Waals surface area (Å²) in [7, 11) is 0. The molecule has 0 radical (unpaired) electrons. The van der Waals surface area contributed by atoms with Crippen LogP contribution in [-0.2, 0) is 9.53 Å². The highest BCUT2D eigenvalue weighted by atomic mass is 35.5. The molecule has 5 nitrogen and oxygen atoms in total. The maximum atomic E-state index is 12.2. The van der Waals surface area contributed by atoms with Gasteiger partial charge in [0.05, 0.1) is 22.5 Å². The predicted molar refractivity (Wildman–Crippen MR) is 92.6 cm³/mol. The molecule has 0 saturated heterocycles. The van der Waals surface area contributed by atoms with Crippen LogP contribution in [0.15, 0.2) is 42.7 Å². The van der Waals surface area contributed by atoms with Crippen LogP contribution in [0.4, 0.5) is 5.69 Å². The smallest absolute Gasteiger partial charge is 0.250 e. The lowest BCUT2D eigenvalue weighted by molar-refractivity contribution is -0.134. The summed E-state index contributed by atoms with van der Waals surface area (Å²) in [6, 6.07) is 8.72. The average Bonchev–Trinajstić information content (AvgIpc) is 2.55. The van der Waals surface area contributed by atoms with Gasteiger partial charge in [-0.3, -0.25) is 9.78 Å². The largest absolute Gasteiger partial charge is 0.452 e. The number of pyridine rings is 1. The number of halogens is 1. The quantitative estimate of drug-likeness (QED) is 0.840. The summed E-state index contributed by atoms with van der Waals surface area (Å²) in [5.41, 5.74) is 0.333. The van der Waals surface area contributed by atoms with E-state index in [0.717, 1.165) is 19.3 Å². The molecular weight excluding hydrogens is 328 g/mol. The fourth-order valence-corrected chi connectivity index (χ4v) is 2.69. The number of ether oxygens (including phenoxy) is 2. The van der Waals surface area contributed by atoms with Crippen LogP contribution in [0.25, 0.3) is 0 Å². The summed E-state index contributed by atoms with van der Waals surface area (Å²) in [5, 5.41) is 3.20. The lowest BCUT2D eigenvalue weighted by Crippen LogP contribution is -2.39. The Morgan fingerprint density at radius 1 is 1.33 bits per heavy atom. The number of hydrogen-bond donors (Lipinski definition) is 1. The highest BCUT2D eigenvalue weighted by Gasteiger charge is 2.33. The van der Waals surface area contributed by atoms with Crippen molar-refractivity contribution in [1.82, 2.24) is 4.98 Å². The molecule has 1 aromatic heterocycles. The van der Waals surface area contributed by atoms with E-state index in [0.29, 0.717) is 22.2 Å². The molecule has 1 heterocycles. The second kappa shape index (κ2) is 7.20. The molecule has 1 aromatic carbocycles. The zero-order chi connectivity index (χ0) is 17.0. The minimum absolute atomic E-state index is 0.00927. The van der Waals surface area contributed by atoms with Crippen molar-refractivity contribution < 1.29 is 14.3 Å². The van der Waals surface area contributed by atoms with Crippen molar-refractivity contribution >= 4 is 23.2 Å². The second-order valence-electron chi connectivity index (χ2n) is 6.05. The first kappa shape index (κ1) is 16.7. The molecule has 0 atom stereocenters. The highest BCUT2D eigenvalue weighted by Crippen LogP contribution is 2.37. The van der Waals surface area contributed by atoms with E-state index in [1.807, 2.05) is 6.92 Å². The van der Waals surface area contributed by atoms with Crippen molar-refractivity contribution in [2.24, 2.45) is 0 Å². The van der Waals surface area contributed by atoms with E-state index >= 15 is 0 Å². The number of nitrogens with one attached hydrogen (secondary N) is 1. The molecule has 0 bridgehead atoms. The third-order valence-corrected chi connectivity index (χ3v) is 4.36. The van der Waals surface area contributed by atoms with Crippen LogP contribution in [-0.4, -0.2) is 23.1 Å². The average molecular weight is 347 g/mol. The van der Waals surface area contributed by atoms with Crippen LogP contribution in [0, 0.1) is 0 Å². The summed E-state index contributed by atoms with van der Waals surface area (Å²) >= 11 is 6.22. The minimum atomic E-state index is -0.235. The van der Waals surface area contributed by atoms with Crippen molar-refractivity contribution in [2.45, 2.75) is 31.8 Å². The molecule has 1 aliphatic carbocycles. The van der Waals surface area contributed by atoms with E-state index in [-0.39, 0.29) is 18.1 Å². The first-order valence-corrected chi connectivity index (χ1v) is 8.24. The number of nitrogens with zero attached hydrogens (tertiary/aromatic N) is 1. The van der Waals surface area contributed by atoms with Crippen LogP contribution < -0.4 is 10.1 Å². The lowest BCUT2D eigenvalue weighted by Gasteiger charge is -2.37. The fourth-order valence-electron chi connectivity index (χ4n) is 2.48. The van der Waals surface area contributed by atoms with Crippen LogP contribution in [0.3, 0.4) is 0 Å². The molecule has 2 aromatic rings. The van der Waals surface area contributed by atoms with Crippen molar-refractivity contribution in [1.29, 1.82) is 0 Å². The van der Waals surface area contributed by atoms with Crippen LogP contribution >= 0.6 is 11.6 Å². The SMILES string of the molecule is CC1(OCC(=O)Nc2cccc(Cl)c2Oc2cccnc2)CCC1. The minimum Gasteiger partial charge on any atom is -0.452 e. The lowest BCUT2D eigenvalue weighted by atomic mass is 9.82. The van der Waals surface area contributed by atoms with Crippen LogP contribution in [0.5, 0.6) is 11.5 Å². The Morgan fingerprint density at radius 2 is 2.17 bits per heavy atom. The normalized spacial score (nSPS) is 15.4. The summed E-state index contributed by atoms with van der Waals surface area (Å²) in [5.74, 6) is 0.691. The van der Waals surface area contributed by atoms with Gasteiger partial charge in [0.1, 0.15) is 12.4 Å². The standard InChI is InChI=1S/C18H19ClN2O3/c1-18(8-4-9-18)23-12-16(22)21-15-7-2-6-14(19)17(15)24-13-5-3-10-20-11-13/h2-3,5-7,10-11H,4,8-9,12H2,1H3,(H,21,22). The number of carbonyl (C=O) groups excluding carboxylic acids is 1. The Balaban J connectivity index is 1.68. The fraction of sp³-hybridized carbons (Fsp3) is 0.333. The molecule has 6 heteroatoms. The first-order chi connectivity index (χ1) is 11.6. The molecular formula is C18H19ClN2O3. The van der Waals surface area contributed by atoms with Crippen molar-refractivity contribution in [2.75, 3.05) is 11.9 Å². The summed E-state index contributed by atoms with van der Waals surface area (Å²) in [4.78, 5) is 16.2. The van der Waals surface area contributed by atoms with Gasteiger partial charge in [-0.05, 0) is 50.5 Å². The van der Waals surface area contributed by atoms with E-state index in [1.54, 1.807) is 42.7 Å². The zero-order valence-corrected chi connectivity index (χ0v) is 14.2. The number of amides is 1. The summed E-state index contributed by atoms with van der Waals surface area (Å²) in [6.45, 7) is 2.04. The first-order valence-electron chi connectivity index (χ1n) is 7.86. The van der Waals surface area contributed by atoms with Crippen molar-refractivity contribution in [3.63, 3.8) is 0 Å². The Labute approximate surface area is 145 Å². The van der Waals surface area contributed by atoms with Gasteiger partial charge in [0.25, 0.3) is 5.91 Å². The topological polar surface area (TPSA) is 60.5 Å². The van der Waals surface area contributed by atoms with Gasteiger partial charge in [0, 0.05) is 6.20 Å². The molecule has 24 heavy (non-hydrogen) atoms. The monoisotopic (exact) mass is 346 g/mol. The van der Waals surface area contributed by atoms with Gasteiger partial charge in [-0.1, -0.05) is 17.7 Å². The second-order valence-corrected chi connectivity index (χ2v) is 6.45. The van der Waals surface area contributed by atoms with E-state index in [1.165, 1.54) is 0 Å². The van der Waals surface area contributed by atoms with Gasteiger partial charge in [0.15, 0.2) is 5.75 Å². The molecule has 1 saturated carbocycles. The molecule has 1 N–H and O–H groups in total. The Bertz CT molecular complexity index is 717. The molecule has 0 aliphatic heterocycles. The van der Waals surface area contributed by atoms with E-state index < -0.39 is 0 Å². The highest BCUT2D eigenvalue weighted by molar-refractivity contribution is 6.32. The van der Waals surface area contributed by atoms with Gasteiger partial charge in [-0.2, -0.15) is 0 Å².